The van der Waals surface area contributed by atoms with Crippen LogP contribution in [0.15, 0.2) is 0 Å². The molecule has 0 spiro atoms. The Morgan fingerprint density at radius 1 is 0.727 bits per heavy atom. The van der Waals surface area contributed by atoms with E-state index in [4.69, 9.17) is 15.3 Å². The number of hydrogen-bond donors (Lipinski definition) is 3. The SMILES string of the molecule is CCO.CCO.CCO.P.[Ag]. The van der Waals surface area contributed by atoms with Gasteiger partial charge in [-0.05, 0) is 20.8 Å². The summed E-state index contributed by atoms with van der Waals surface area (Å²) < 4.78 is 0. The minimum atomic E-state index is 0. The molecule has 0 saturated carbocycles. The Hall–Kier alpha value is 1.05. The van der Waals surface area contributed by atoms with Crippen LogP contribution in [-0.4, -0.2) is 35.1 Å². The van der Waals surface area contributed by atoms with Crippen LogP contribution >= 0.6 is 9.90 Å². The molecular formula is C6H21AgO3P. The molecule has 0 aromatic carbocycles. The summed E-state index contributed by atoms with van der Waals surface area (Å²) in [6.45, 7) is 5.79. The van der Waals surface area contributed by atoms with Crippen LogP contribution < -0.4 is 0 Å². The van der Waals surface area contributed by atoms with Crippen LogP contribution in [0.1, 0.15) is 20.8 Å². The second kappa shape index (κ2) is 68.0. The maximum absolute atomic E-state index is 7.57. The summed E-state index contributed by atoms with van der Waals surface area (Å²) in [5, 5.41) is 22.7. The van der Waals surface area contributed by atoms with Gasteiger partial charge in [-0.2, -0.15) is 9.90 Å². The van der Waals surface area contributed by atoms with E-state index >= 15 is 0 Å². The Kier molecular flexibility index (Phi) is 183. The van der Waals surface area contributed by atoms with Crippen LogP contribution in [-0.2, 0) is 22.4 Å². The van der Waals surface area contributed by atoms with Gasteiger partial charge < -0.3 is 15.3 Å². The molecule has 0 saturated heterocycles. The number of aliphatic hydroxyl groups is 3. The normalized spacial score (nSPS) is 4.91. The average molecular weight is 280 g/mol. The third-order valence-corrected chi connectivity index (χ3v) is 0. The third kappa shape index (κ3) is 821. The fourth-order valence-corrected chi connectivity index (χ4v) is 0. The van der Waals surface area contributed by atoms with Gasteiger partial charge in [0.25, 0.3) is 0 Å². The zero-order valence-corrected chi connectivity index (χ0v) is 10.4. The predicted molar refractivity (Wildman–Crippen MR) is 49.4 cm³/mol. The van der Waals surface area contributed by atoms with Crippen molar-refractivity contribution in [1.82, 2.24) is 0 Å². The number of hydrogen-bond acceptors (Lipinski definition) is 3. The van der Waals surface area contributed by atoms with E-state index < -0.39 is 0 Å². The summed E-state index contributed by atoms with van der Waals surface area (Å²) in [4.78, 5) is 0. The molecule has 11 heavy (non-hydrogen) atoms. The zero-order valence-electron chi connectivity index (χ0n) is 7.47. The summed E-state index contributed by atoms with van der Waals surface area (Å²) in [5.41, 5.74) is 0. The second-order valence-corrected chi connectivity index (χ2v) is 0.949. The Labute approximate surface area is 88.3 Å². The van der Waals surface area contributed by atoms with Crippen LogP contribution in [0.5, 0.6) is 0 Å². The maximum Gasteiger partial charge on any atom is 0.0402 e. The molecule has 0 bridgehead atoms. The molecule has 0 aliphatic carbocycles. The standard InChI is InChI=1S/3C2H6O.Ag.H3P/c3*1-2-3;;/h3*3H,2H2,1H3;;1H3. The van der Waals surface area contributed by atoms with Gasteiger partial charge in [0.05, 0.1) is 0 Å². The van der Waals surface area contributed by atoms with Gasteiger partial charge in [-0.3, -0.25) is 0 Å². The van der Waals surface area contributed by atoms with Crippen molar-refractivity contribution < 1.29 is 37.7 Å². The minimum Gasteiger partial charge on any atom is -0.397 e. The molecule has 0 aromatic rings. The molecule has 3 nitrogen and oxygen atoms in total. The maximum atomic E-state index is 7.57. The van der Waals surface area contributed by atoms with E-state index in [9.17, 15) is 0 Å². The van der Waals surface area contributed by atoms with E-state index in [-0.39, 0.29) is 52.1 Å². The van der Waals surface area contributed by atoms with Crippen molar-refractivity contribution in [3.05, 3.63) is 0 Å². The van der Waals surface area contributed by atoms with Crippen molar-refractivity contribution in [3.8, 4) is 0 Å². The van der Waals surface area contributed by atoms with E-state index in [2.05, 4.69) is 0 Å². The predicted octanol–water partition coefficient (Wildman–Crippen LogP) is 0.0514. The Morgan fingerprint density at radius 2 is 0.727 bits per heavy atom. The van der Waals surface area contributed by atoms with Crippen molar-refractivity contribution in [2.24, 2.45) is 0 Å². The number of aliphatic hydroxyl groups excluding tert-OH is 3. The van der Waals surface area contributed by atoms with E-state index in [1.165, 1.54) is 0 Å². The first kappa shape index (κ1) is 29.6. The molecule has 0 heterocycles. The molecule has 0 fully saturated rings. The zero-order chi connectivity index (χ0) is 8.12. The Balaban J connectivity index is -0.0000000150. The summed E-state index contributed by atoms with van der Waals surface area (Å²) in [7, 11) is 0. The monoisotopic (exact) mass is 279 g/mol. The van der Waals surface area contributed by atoms with Crippen molar-refractivity contribution in [3.63, 3.8) is 0 Å². The summed E-state index contributed by atoms with van der Waals surface area (Å²) in [5.74, 6) is 0. The molecule has 0 amide bonds. The summed E-state index contributed by atoms with van der Waals surface area (Å²) in [6, 6.07) is 0. The molecule has 0 aliphatic rings. The van der Waals surface area contributed by atoms with Gasteiger partial charge in [0, 0.05) is 42.2 Å². The van der Waals surface area contributed by atoms with Crippen LogP contribution in [0, 0.1) is 0 Å². The molecule has 0 aliphatic heterocycles. The van der Waals surface area contributed by atoms with E-state index in [0.29, 0.717) is 0 Å². The van der Waals surface area contributed by atoms with Gasteiger partial charge in [0.1, 0.15) is 0 Å². The molecular weight excluding hydrogens is 259 g/mol. The van der Waals surface area contributed by atoms with Gasteiger partial charge in [0.15, 0.2) is 0 Å². The molecule has 0 aromatic heterocycles. The van der Waals surface area contributed by atoms with Gasteiger partial charge in [-0.15, -0.1) is 0 Å². The van der Waals surface area contributed by atoms with Gasteiger partial charge in [-0.1, -0.05) is 0 Å². The van der Waals surface area contributed by atoms with Gasteiger partial charge in [-0.25, -0.2) is 0 Å². The molecule has 79 valence electrons. The van der Waals surface area contributed by atoms with Crippen molar-refractivity contribution in [1.29, 1.82) is 0 Å². The Morgan fingerprint density at radius 3 is 0.727 bits per heavy atom. The van der Waals surface area contributed by atoms with Crippen LogP contribution in [0.4, 0.5) is 0 Å². The fraction of sp³-hybridized carbons (Fsp3) is 1.00. The van der Waals surface area contributed by atoms with Crippen LogP contribution in [0.2, 0.25) is 0 Å². The van der Waals surface area contributed by atoms with Gasteiger partial charge in [0.2, 0.25) is 0 Å². The van der Waals surface area contributed by atoms with Crippen LogP contribution in [0.25, 0.3) is 0 Å². The second-order valence-electron chi connectivity index (χ2n) is 0.949. The minimum absolute atomic E-state index is 0. The third-order valence-electron chi connectivity index (χ3n) is 0. The fourth-order valence-electron chi connectivity index (χ4n) is 0. The van der Waals surface area contributed by atoms with E-state index in [1.54, 1.807) is 20.8 Å². The molecule has 1 unspecified atom stereocenters. The van der Waals surface area contributed by atoms with Crippen molar-refractivity contribution in [2.45, 2.75) is 20.8 Å². The first-order valence-electron chi connectivity index (χ1n) is 3.07. The molecule has 0 rings (SSSR count). The topological polar surface area (TPSA) is 60.7 Å². The van der Waals surface area contributed by atoms with Crippen molar-refractivity contribution >= 4 is 9.90 Å². The largest absolute Gasteiger partial charge is 0.397 e. The number of rotatable bonds is 0. The van der Waals surface area contributed by atoms with Gasteiger partial charge >= 0.3 is 0 Å². The Bertz CT molecular complexity index is 22.5. The van der Waals surface area contributed by atoms with E-state index in [0.717, 1.165) is 0 Å². The van der Waals surface area contributed by atoms with Crippen LogP contribution in [0.3, 0.4) is 0 Å². The van der Waals surface area contributed by atoms with Crippen molar-refractivity contribution in [2.75, 3.05) is 19.8 Å². The van der Waals surface area contributed by atoms with E-state index in [1.807, 2.05) is 0 Å². The quantitative estimate of drug-likeness (QED) is 0.434. The molecule has 1 atom stereocenters. The average Bonchev–Trinajstić information content (AvgIpc) is 1.70. The first-order valence-corrected chi connectivity index (χ1v) is 3.07. The summed E-state index contributed by atoms with van der Waals surface area (Å²) in [6.07, 6.45) is 0. The first-order chi connectivity index (χ1) is 4.24. The summed E-state index contributed by atoms with van der Waals surface area (Å²) >= 11 is 0. The molecule has 1 radical (unpaired) electrons. The smallest absolute Gasteiger partial charge is 0.0402 e. The molecule has 3 N–H and O–H groups in total. The molecule has 5 heteroatoms.